The summed E-state index contributed by atoms with van der Waals surface area (Å²) in [5.74, 6) is 0.296. The summed E-state index contributed by atoms with van der Waals surface area (Å²) in [5.41, 5.74) is 2.08. The van der Waals surface area contributed by atoms with Gasteiger partial charge in [0.15, 0.2) is 11.3 Å². The van der Waals surface area contributed by atoms with Crippen molar-refractivity contribution < 1.29 is 22.8 Å². The van der Waals surface area contributed by atoms with E-state index in [1.807, 2.05) is 11.1 Å². The van der Waals surface area contributed by atoms with Crippen molar-refractivity contribution in [3.63, 3.8) is 0 Å². The number of imidazole rings is 1. The molecular formula is C23H29ClF3IN4O2. The lowest BCUT2D eigenvalue weighted by Crippen LogP contribution is -2.55. The fourth-order valence-electron chi connectivity index (χ4n) is 4.64. The molecule has 0 N–H and O–H groups in total. The van der Waals surface area contributed by atoms with E-state index in [9.17, 15) is 22.8 Å². The Hall–Kier alpha value is -1.56. The summed E-state index contributed by atoms with van der Waals surface area (Å²) in [7, 11) is 0. The monoisotopic (exact) mass is 612 g/mol. The first-order valence-electron chi connectivity index (χ1n) is 11.5. The van der Waals surface area contributed by atoms with Crippen LogP contribution < -0.4 is 0 Å². The van der Waals surface area contributed by atoms with Gasteiger partial charge in [-0.05, 0) is 59.4 Å². The number of amides is 2. The molecule has 1 saturated heterocycles. The van der Waals surface area contributed by atoms with Gasteiger partial charge in [-0.1, -0.05) is 44.7 Å². The number of hydrogen-bond donors (Lipinski definition) is 0. The summed E-state index contributed by atoms with van der Waals surface area (Å²) < 4.78 is 31.8. The number of carbonyl (C=O) groups is 2. The van der Waals surface area contributed by atoms with Gasteiger partial charge >= 0.3 is 6.68 Å². The summed E-state index contributed by atoms with van der Waals surface area (Å²) in [6.45, 7) is 1.91. The third-order valence-corrected chi connectivity index (χ3v) is 7.23. The molecule has 2 fully saturated rings. The average Bonchev–Trinajstić information content (AvgIpc) is 3.10. The molecule has 188 valence electrons. The van der Waals surface area contributed by atoms with Gasteiger partial charge in [0.1, 0.15) is 11.7 Å². The van der Waals surface area contributed by atoms with Gasteiger partial charge in [-0.15, -0.1) is 0 Å². The van der Waals surface area contributed by atoms with Crippen LogP contribution in [-0.2, 0) is 11.2 Å². The second-order valence-electron chi connectivity index (χ2n) is 9.09. The number of halogens is 5. The van der Waals surface area contributed by atoms with Crippen LogP contribution in [-0.4, -0.2) is 63.4 Å². The predicted molar refractivity (Wildman–Crippen MR) is 133 cm³/mol. The molecular weight excluding hydrogens is 584 g/mol. The normalized spacial score (nSPS) is 17.5. The lowest BCUT2D eigenvalue weighted by molar-refractivity contribution is -0.138. The van der Waals surface area contributed by atoms with Crippen molar-refractivity contribution in [2.24, 2.45) is 5.92 Å². The zero-order chi connectivity index (χ0) is 25.0. The molecule has 2 aromatic heterocycles. The van der Waals surface area contributed by atoms with Crippen LogP contribution in [0.5, 0.6) is 0 Å². The Balaban J connectivity index is 0.000000751. The van der Waals surface area contributed by atoms with E-state index < -0.39 is 6.68 Å². The number of pyridine rings is 1. The highest BCUT2D eigenvalue weighted by molar-refractivity contribution is 14.1. The third kappa shape index (κ3) is 6.56. The molecule has 3 heterocycles. The molecule has 0 radical (unpaired) electrons. The van der Waals surface area contributed by atoms with Crippen molar-refractivity contribution in [2.45, 2.75) is 65.1 Å². The smallest absolute Gasteiger partial charge is 0.336 e. The second-order valence-corrected chi connectivity index (χ2v) is 10.6. The zero-order valence-electron chi connectivity index (χ0n) is 19.2. The molecule has 0 atom stereocenters. The maximum absolute atomic E-state index is 13.2. The van der Waals surface area contributed by atoms with Gasteiger partial charge in [0.25, 0.3) is 5.91 Å². The zero-order valence-corrected chi connectivity index (χ0v) is 22.2. The van der Waals surface area contributed by atoms with E-state index in [0.29, 0.717) is 35.8 Å². The van der Waals surface area contributed by atoms with Crippen LogP contribution in [0.2, 0.25) is 5.15 Å². The Labute approximate surface area is 216 Å². The van der Waals surface area contributed by atoms with Gasteiger partial charge in [-0.3, -0.25) is 14.0 Å². The minimum atomic E-state index is -3.67. The molecule has 11 heteroatoms. The maximum Gasteiger partial charge on any atom is 0.379 e. The second kappa shape index (κ2) is 11.9. The molecule has 4 rings (SSSR count). The molecule has 34 heavy (non-hydrogen) atoms. The molecule has 1 aliphatic heterocycles. The minimum absolute atomic E-state index is 0.0372. The number of piperazine rings is 1. The fraction of sp³-hybridized carbons (Fsp3) is 0.609. The summed E-state index contributed by atoms with van der Waals surface area (Å²) in [6, 6.07) is 2.43. The van der Waals surface area contributed by atoms with Crippen molar-refractivity contribution >= 4 is 51.7 Å². The van der Waals surface area contributed by atoms with E-state index in [0.717, 1.165) is 28.4 Å². The summed E-state index contributed by atoms with van der Waals surface area (Å²) in [6.07, 6.45) is 8.69. The van der Waals surface area contributed by atoms with E-state index in [1.54, 1.807) is 9.30 Å². The molecule has 6 nitrogen and oxygen atoms in total. The number of fused-ring (bicyclic) bond motifs is 1. The molecule has 0 aromatic carbocycles. The highest BCUT2D eigenvalue weighted by atomic mass is 127. The van der Waals surface area contributed by atoms with Crippen LogP contribution in [0.4, 0.5) is 13.2 Å². The van der Waals surface area contributed by atoms with E-state index in [2.05, 4.69) is 47.5 Å². The molecule has 1 saturated carbocycles. The number of hydrogen-bond acceptors (Lipinski definition) is 3. The van der Waals surface area contributed by atoms with E-state index in [1.165, 1.54) is 19.3 Å². The largest absolute Gasteiger partial charge is 0.379 e. The first-order valence-corrected chi connectivity index (χ1v) is 12.9. The Morgan fingerprint density at radius 3 is 2.44 bits per heavy atom. The molecule has 2 amide bonds. The topological polar surface area (TPSA) is 57.9 Å². The number of aromatic nitrogens is 2. The Morgan fingerprint density at radius 2 is 1.85 bits per heavy atom. The maximum atomic E-state index is 13.2. The minimum Gasteiger partial charge on any atom is -0.336 e. The van der Waals surface area contributed by atoms with E-state index in [4.69, 9.17) is 11.6 Å². The van der Waals surface area contributed by atoms with Crippen molar-refractivity contribution in [1.29, 1.82) is 0 Å². The lowest BCUT2D eigenvalue weighted by Gasteiger charge is -2.40. The van der Waals surface area contributed by atoms with Gasteiger partial charge in [0, 0.05) is 25.3 Å². The van der Waals surface area contributed by atoms with Crippen molar-refractivity contribution in [3.8, 4) is 0 Å². The molecule has 2 aromatic rings. The molecule has 0 bridgehead atoms. The number of nitrogens with zero attached hydrogens (tertiary/aromatic N) is 4. The highest BCUT2D eigenvalue weighted by Crippen LogP contribution is 2.27. The summed E-state index contributed by atoms with van der Waals surface area (Å²) in [5, 5.41) is 0.320. The summed E-state index contributed by atoms with van der Waals surface area (Å²) in [4.78, 5) is 34.1. The Kier molecular flexibility index (Phi) is 9.48. The van der Waals surface area contributed by atoms with Gasteiger partial charge in [-0.25, -0.2) is 4.98 Å². The van der Waals surface area contributed by atoms with Crippen LogP contribution in [0.25, 0.3) is 5.65 Å². The Bertz CT molecular complexity index is 1020. The number of carbonyl (C=O) groups excluding carboxylic acids is 2. The molecule has 0 unspecified atom stereocenters. The average molecular weight is 613 g/mol. The lowest BCUT2D eigenvalue weighted by atomic mass is 9.93. The van der Waals surface area contributed by atoms with Crippen LogP contribution in [0.15, 0.2) is 12.3 Å². The first-order chi connectivity index (χ1) is 16.1. The van der Waals surface area contributed by atoms with Crippen molar-refractivity contribution in [1.82, 2.24) is 19.2 Å². The van der Waals surface area contributed by atoms with Crippen LogP contribution in [0.1, 0.15) is 62.0 Å². The van der Waals surface area contributed by atoms with Crippen LogP contribution in [0.3, 0.4) is 0 Å². The number of rotatable bonds is 4. The fourth-order valence-corrected chi connectivity index (χ4v) is 5.67. The predicted octanol–water partition coefficient (Wildman–Crippen LogP) is 5.59. The first kappa shape index (κ1) is 27.0. The van der Waals surface area contributed by atoms with Crippen molar-refractivity contribution in [2.75, 3.05) is 19.6 Å². The number of alkyl halides is 3. The van der Waals surface area contributed by atoms with Gasteiger partial charge < -0.3 is 9.80 Å². The van der Waals surface area contributed by atoms with Crippen molar-refractivity contribution in [3.05, 3.63) is 32.2 Å². The van der Waals surface area contributed by atoms with Gasteiger partial charge in [0.2, 0.25) is 5.91 Å². The van der Waals surface area contributed by atoms with Gasteiger partial charge in [0.05, 0.1) is 3.57 Å². The SMILES string of the molecule is CC(C)Cc1cc(I)c2nc(C(=O)N3CCN(C4CCCCC4)C(=O)C3)c(Cl)n2c1.FC(F)F. The standard InChI is InChI=1S/C22H28ClIN4O2.CHF3/c1-14(2)10-15-11-17(24)21-25-19(20(23)28(21)12-15)22(30)26-8-9-27(18(29)13-26)16-6-4-3-5-7-16;2-1(3)4/h11-12,14,16H,3-10,13H2,1-2H3;1H. The molecule has 1 aliphatic carbocycles. The van der Waals surface area contributed by atoms with Crippen LogP contribution >= 0.6 is 34.2 Å². The van der Waals surface area contributed by atoms with E-state index >= 15 is 0 Å². The van der Waals surface area contributed by atoms with Gasteiger partial charge in [-0.2, -0.15) is 13.2 Å². The highest BCUT2D eigenvalue weighted by Gasteiger charge is 2.34. The van der Waals surface area contributed by atoms with E-state index in [-0.39, 0.29) is 24.1 Å². The molecule has 2 aliphatic rings. The molecule has 0 spiro atoms. The Morgan fingerprint density at radius 1 is 1.21 bits per heavy atom. The van der Waals surface area contributed by atoms with Crippen LogP contribution in [0, 0.1) is 9.49 Å². The third-order valence-electron chi connectivity index (χ3n) is 6.08. The quantitative estimate of drug-likeness (QED) is 0.424. The summed E-state index contributed by atoms with van der Waals surface area (Å²) >= 11 is 8.83.